The molecule has 0 aliphatic carbocycles. The van der Waals surface area contributed by atoms with Gasteiger partial charge in [-0.2, -0.15) is 13.2 Å². The SMILES string of the molecule is CCOc1cc(Oc2ccc(C(F)(F)F)cc2Cl)ccc1[N+](=O)[O-].C[C@@H](Oc1ccc(Oc2ncc(Cl)cc2F)cc1)C(=O)O.O=C(O)COc1ccc(Cl)c2cccnc12. The van der Waals surface area contributed by atoms with E-state index in [1.807, 2.05) is 0 Å². The molecule has 0 spiro atoms. The van der Waals surface area contributed by atoms with Crippen LogP contribution in [0.5, 0.6) is 40.4 Å². The number of alkyl halides is 3. The number of ether oxygens (including phenoxy) is 5. The minimum atomic E-state index is -4.52. The van der Waals surface area contributed by atoms with Gasteiger partial charge in [-0.3, -0.25) is 15.1 Å². The van der Waals surface area contributed by atoms with Crippen LogP contribution in [0.2, 0.25) is 15.1 Å². The first-order valence-electron chi connectivity index (χ1n) is 17.2. The molecule has 4 aromatic carbocycles. The zero-order valence-corrected chi connectivity index (χ0v) is 33.6. The number of nitro benzene ring substituents is 1. The first-order valence-corrected chi connectivity index (χ1v) is 18.3. The van der Waals surface area contributed by atoms with Crippen LogP contribution < -0.4 is 23.7 Å². The second-order valence-corrected chi connectivity index (χ2v) is 13.1. The van der Waals surface area contributed by atoms with Gasteiger partial charge in [0.2, 0.25) is 5.75 Å². The van der Waals surface area contributed by atoms with Gasteiger partial charge in [-0.05, 0) is 92.7 Å². The first-order chi connectivity index (χ1) is 28.9. The third kappa shape index (κ3) is 14.0. The van der Waals surface area contributed by atoms with E-state index in [1.165, 1.54) is 55.6 Å². The largest absolute Gasteiger partial charge is 0.487 e. The molecule has 0 radical (unpaired) electrons. The Hall–Kier alpha value is -6.63. The number of benzene rings is 4. The van der Waals surface area contributed by atoms with Gasteiger partial charge in [0.1, 0.15) is 34.3 Å². The Bertz CT molecular complexity index is 2500. The van der Waals surface area contributed by atoms with Gasteiger partial charge in [-0.25, -0.2) is 19.0 Å². The van der Waals surface area contributed by atoms with Crippen LogP contribution in [0.15, 0.2) is 103 Å². The maximum absolute atomic E-state index is 13.5. The van der Waals surface area contributed by atoms with Crippen LogP contribution in [-0.4, -0.2) is 56.4 Å². The Kier molecular flexibility index (Phi) is 16.6. The Morgan fingerprint density at radius 2 is 1.49 bits per heavy atom. The van der Waals surface area contributed by atoms with Gasteiger partial charge in [-0.15, -0.1) is 0 Å². The molecule has 0 aliphatic heterocycles. The highest BCUT2D eigenvalue weighted by Gasteiger charge is 2.31. The molecule has 320 valence electrons. The summed E-state index contributed by atoms with van der Waals surface area (Å²) in [6.07, 6.45) is -2.61. The zero-order valence-electron chi connectivity index (χ0n) is 31.4. The van der Waals surface area contributed by atoms with E-state index < -0.39 is 47.1 Å². The fourth-order valence-corrected chi connectivity index (χ4v) is 5.24. The number of hydrogen-bond acceptors (Lipinski definition) is 11. The molecule has 0 saturated carbocycles. The van der Waals surface area contributed by atoms with Crippen LogP contribution in [0, 0.1) is 15.9 Å². The molecule has 0 bridgehead atoms. The van der Waals surface area contributed by atoms with E-state index in [1.54, 1.807) is 37.4 Å². The molecular weight excluding hydrogens is 881 g/mol. The molecule has 2 N–H and O–H groups in total. The number of aromatic nitrogens is 2. The summed E-state index contributed by atoms with van der Waals surface area (Å²) in [6, 6.07) is 20.4. The standard InChI is InChI=1S/C15H11ClF3NO4.C14H11ClFNO4.C11H8ClNO3/c1-2-23-14-8-10(4-5-12(14)20(21)22)24-13-6-3-9(7-11(13)16)15(17,18)19;1-8(14(18)19)20-10-2-4-11(5-3-10)21-13-12(16)6-9(15)7-17-13;12-8-3-4-9(16-6-10(14)15)11-7(8)2-1-5-13-11/h3-8H,2H2,1H3;2-8H,1H3,(H,18,19);1-5H,6H2,(H,14,15)/t;8-;/m.1./s1. The average Bonchev–Trinajstić information content (AvgIpc) is 3.20. The van der Waals surface area contributed by atoms with Crippen LogP contribution in [0.4, 0.5) is 23.2 Å². The number of rotatable bonds is 13. The number of pyridine rings is 2. The van der Waals surface area contributed by atoms with Crippen molar-refractivity contribution < 1.29 is 66.0 Å². The molecular formula is C40H30Cl3F4N3O11. The van der Waals surface area contributed by atoms with Crippen LogP contribution in [-0.2, 0) is 15.8 Å². The van der Waals surface area contributed by atoms with E-state index in [-0.39, 0.29) is 45.5 Å². The lowest BCUT2D eigenvalue weighted by atomic mass is 10.2. The summed E-state index contributed by atoms with van der Waals surface area (Å²) in [5.41, 5.74) is -0.586. The Balaban J connectivity index is 0.000000205. The van der Waals surface area contributed by atoms with Crippen molar-refractivity contribution in [3.8, 4) is 40.4 Å². The summed E-state index contributed by atoms with van der Waals surface area (Å²) in [7, 11) is 0. The summed E-state index contributed by atoms with van der Waals surface area (Å²) >= 11 is 17.4. The summed E-state index contributed by atoms with van der Waals surface area (Å²) in [5.74, 6) is -1.74. The van der Waals surface area contributed by atoms with E-state index in [9.17, 15) is 37.3 Å². The second-order valence-electron chi connectivity index (χ2n) is 11.8. The molecule has 2 aromatic heterocycles. The summed E-state index contributed by atoms with van der Waals surface area (Å²) < 4.78 is 77.4. The molecule has 0 fully saturated rings. The van der Waals surface area contributed by atoms with Crippen LogP contribution >= 0.6 is 34.8 Å². The molecule has 0 saturated heterocycles. The number of nitrogens with zero attached hydrogens (tertiary/aromatic N) is 3. The van der Waals surface area contributed by atoms with Crippen LogP contribution in [0.1, 0.15) is 19.4 Å². The van der Waals surface area contributed by atoms with E-state index in [2.05, 4.69) is 9.97 Å². The fourth-order valence-electron chi connectivity index (χ4n) is 4.66. The quantitative estimate of drug-likeness (QED) is 0.0633. The van der Waals surface area contributed by atoms with Crippen molar-refractivity contribution in [2.45, 2.75) is 26.1 Å². The van der Waals surface area contributed by atoms with Crippen molar-refractivity contribution in [1.82, 2.24) is 9.97 Å². The van der Waals surface area contributed by atoms with Crippen LogP contribution in [0.25, 0.3) is 10.9 Å². The molecule has 21 heteroatoms. The van der Waals surface area contributed by atoms with Gasteiger partial charge in [0.25, 0.3) is 5.88 Å². The molecule has 1 atom stereocenters. The highest BCUT2D eigenvalue weighted by molar-refractivity contribution is 6.35. The molecule has 2 heterocycles. The average molecular weight is 911 g/mol. The molecule has 0 unspecified atom stereocenters. The van der Waals surface area contributed by atoms with Gasteiger partial charge in [0, 0.05) is 29.9 Å². The smallest absolute Gasteiger partial charge is 0.416 e. The lowest BCUT2D eigenvalue weighted by molar-refractivity contribution is -0.385. The minimum absolute atomic E-state index is 0.0111. The van der Waals surface area contributed by atoms with Gasteiger partial charge in [0.15, 0.2) is 18.5 Å². The lowest BCUT2D eigenvalue weighted by Crippen LogP contribution is -2.22. The number of nitro groups is 1. The number of aliphatic carboxylic acids is 2. The Morgan fingerprint density at radius 3 is 2.10 bits per heavy atom. The number of halogens is 7. The monoisotopic (exact) mass is 909 g/mol. The maximum atomic E-state index is 13.5. The van der Waals surface area contributed by atoms with E-state index in [0.29, 0.717) is 27.8 Å². The Labute approximate surface area is 357 Å². The van der Waals surface area contributed by atoms with E-state index >= 15 is 0 Å². The molecule has 6 aromatic rings. The van der Waals surface area contributed by atoms with E-state index in [0.717, 1.165) is 29.7 Å². The molecule has 0 aliphatic rings. The molecule has 14 nitrogen and oxygen atoms in total. The van der Waals surface area contributed by atoms with Crippen molar-refractivity contribution in [3.63, 3.8) is 0 Å². The van der Waals surface area contributed by atoms with Crippen molar-refractivity contribution >= 4 is 63.3 Å². The minimum Gasteiger partial charge on any atom is -0.487 e. The summed E-state index contributed by atoms with van der Waals surface area (Å²) in [5, 5.41) is 29.4. The Morgan fingerprint density at radius 1 is 0.820 bits per heavy atom. The third-order valence-corrected chi connectivity index (χ3v) is 8.25. The number of fused-ring (bicyclic) bond motifs is 1. The summed E-state index contributed by atoms with van der Waals surface area (Å²) in [6.45, 7) is 2.88. The normalized spacial score (nSPS) is 11.2. The topological polar surface area (TPSA) is 190 Å². The van der Waals surface area contributed by atoms with Crippen molar-refractivity contribution in [2.24, 2.45) is 0 Å². The van der Waals surface area contributed by atoms with Gasteiger partial charge >= 0.3 is 23.8 Å². The lowest BCUT2D eigenvalue weighted by Gasteiger charge is -2.12. The first kappa shape index (κ1) is 47.1. The van der Waals surface area contributed by atoms with Gasteiger partial charge in [-0.1, -0.05) is 34.8 Å². The zero-order chi connectivity index (χ0) is 44.9. The molecule has 0 amide bonds. The predicted octanol–water partition coefficient (Wildman–Crippen LogP) is 11.3. The van der Waals surface area contributed by atoms with Gasteiger partial charge < -0.3 is 33.9 Å². The van der Waals surface area contributed by atoms with Crippen molar-refractivity contribution in [1.29, 1.82) is 0 Å². The number of hydrogen-bond donors (Lipinski definition) is 2. The third-order valence-electron chi connectivity index (χ3n) is 7.42. The fraction of sp³-hybridized carbons (Fsp3) is 0.150. The van der Waals surface area contributed by atoms with E-state index in [4.69, 9.17) is 68.7 Å². The number of carboxylic acids is 2. The predicted molar refractivity (Wildman–Crippen MR) is 214 cm³/mol. The number of carbonyl (C=O) groups is 2. The molecule has 61 heavy (non-hydrogen) atoms. The maximum Gasteiger partial charge on any atom is 0.416 e. The highest BCUT2D eigenvalue weighted by atomic mass is 35.5. The van der Waals surface area contributed by atoms with Crippen molar-refractivity contribution in [2.75, 3.05) is 13.2 Å². The summed E-state index contributed by atoms with van der Waals surface area (Å²) in [4.78, 5) is 39.2. The van der Waals surface area contributed by atoms with Gasteiger partial charge in [0.05, 0.1) is 32.2 Å². The van der Waals surface area contributed by atoms with Crippen molar-refractivity contribution in [3.05, 3.63) is 140 Å². The highest BCUT2D eigenvalue weighted by Crippen LogP contribution is 2.39. The second kappa shape index (κ2) is 21.6. The van der Waals surface area contributed by atoms with Crippen LogP contribution in [0.3, 0.4) is 0 Å². The number of carboxylic acid groups (broad SMARTS) is 2. The molecule has 6 rings (SSSR count).